The normalized spacial score (nSPS) is 13.7. The molecule has 0 radical (unpaired) electrons. The predicted octanol–water partition coefficient (Wildman–Crippen LogP) is 1.50. The van der Waals surface area contributed by atoms with Gasteiger partial charge in [0.05, 0.1) is 4.90 Å². The van der Waals surface area contributed by atoms with Gasteiger partial charge in [-0.1, -0.05) is 22.0 Å². The van der Waals surface area contributed by atoms with Gasteiger partial charge in [-0.15, -0.1) is 0 Å². The topological polar surface area (TPSA) is 66.4 Å². The number of aliphatic hydroxyl groups excluding tert-OH is 1. The number of nitrogens with one attached hydrogen (secondary N) is 1. The fourth-order valence-electron chi connectivity index (χ4n) is 1.22. The molecule has 1 rings (SSSR count). The van der Waals surface area contributed by atoms with Crippen molar-refractivity contribution in [1.82, 2.24) is 4.72 Å². The molecule has 6 heteroatoms. The van der Waals surface area contributed by atoms with Crippen LogP contribution >= 0.6 is 15.9 Å². The highest BCUT2D eigenvalue weighted by atomic mass is 79.9. The van der Waals surface area contributed by atoms with Crippen LogP contribution in [0.15, 0.2) is 33.6 Å². The summed E-state index contributed by atoms with van der Waals surface area (Å²) in [7, 11) is -3.50. The van der Waals surface area contributed by atoms with Crippen LogP contribution in [0.5, 0.6) is 0 Å². The smallest absolute Gasteiger partial charge is 0.240 e. The number of rotatable bonds is 5. The van der Waals surface area contributed by atoms with E-state index in [0.717, 1.165) is 0 Å². The number of hydrogen-bond acceptors (Lipinski definition) is 3. The van der Waals surface area contributed by atoms with E-state index in [1.807, 2.05) is 0 Å². The number of benzene rings is 1. The van der Waals surface area contributed by atoms with Crippen molar-refractivity contribution < 1.29 is 13.5 Å². The van der Waals surface area contributed by atoms with Crippen LogP contribution in [0.1, 0.15) is 13.3 Å². The molecule has 0 heterocycles. The Kier molecular flexibility index (Phi) is 4.91. The summed E-state index contributed by atoms with van der Waals surface area (Å²) >= 11 is 3.22. The summed E-state index contributed by atoms with van der Waals surface area (Å²) in [6.45, 7) is 1.67. The molecule has 90 valence electrons. The van der Waals surface area contributed by atoms with Crippen molar-refractivity contribution in [3.05, 3.63) is 28.7 Å². The zero-order valence-electron chi connectivity index (χ0n) is 8.85. The van der Waals surface area contributed by atoms with Gasteiger partial charge in [0.25, 0.3) is 0 Å². The lowest BCUT2D eigenvalue weighted by Crippen LogP contribution is -2.33. The van der Waals surface area contributed by atoms with Gasteiger partial charge in [0.15, 0.2) is 0 Å². The highest BCUT2D eigenvalue weighted by molar-refractivity contribution is 9.10. The molecule has 1 aromatic carbocycles. The summed E-state index contributed by atoms with van der Waals surface area (Å²) in [5, 5.41) is 8.71. The Morgan fingerprint density at radius 2 is 2.19 bits per heavy atom. The van der Waals surface area contributed by atoms with Crippen molar-refractivity contribution in [3.8, 4) is 0 Å². The van der Waals surface area contributed by atoms with Gasteiger partial charge in [0, 0.05) is 17.1 Å². The first-order chi connectivity index (χ1) is 7.45. The molecule has 1 aromatic rings. The standard InChI is InChI=1S/C10H14BrNO3S/c1-8(5-6-13)12-16(14,15)10-4-2-3-9(11)7-10/h2-4,7-8,12-13H,5-6H2,1H3. The van der Waals surface area contributed by atoms with E-state index >= 15 is 0 Å². The largest absolute Gasteiger partial charge is 0.396 e. The first-order valence-electron chi connectivity index (χ1n) is 4.84. The molecule has 4 nitrogen and oxygen atoms in total. The third-order valence-corrected chi connectivity index (χ3v) is 4.11. The molecule has 2 N–H and O–H groups in total. The summed E-state index contributed by atoms with van der Waals surface area (Å²) in [6, 6.07) is 6.20. The van der Waals surface area contributed by atoms with E-state index in [1.165, 1.54) is 12.1 Å². The van der Waals surface area contributed by atoms with Crippen LogP contribution in [0.4, 0.5) is 0 Å². The quantitative estimate of drug-likeness (QED) is 0.866. The van der Waals surface area contributed by atoms with Gasteiger partial charge in [-0.25, -0.2) is 13.1 Å². The second-order valence-corrected chi connectivity index (χ2v) is 6.12. The maximum atomic E-state index is 11.9. The third kappa shape index (κ3) is 3.86. The van der Waals surface area contributed by atoms with Crippen LogP contribution in [0.2, 0.25) is 0 Å². The van der Waals surface area contributed by atoms with Crippen LogP contribution < -0.4 is 4.72 Å². The van der Waals surface area contributed by atoms with Gasteiger partial charge in [-0.3, -0.25) is 0 Å². The molecule has 0 bridgehead atoms. The van der Waals surface area contributed by atoms with Crippen molar-refractivity contribution in [1.29, 1.82) is 0 Å². The van der Waals surface area contributed by atoms with E-state index in [1.54, 1.807) is 19.1 Å². The summed E-state index contributed by atoms with van der Waals surface area (Å²) < 4.78 is 26.9. The fourth-order valence-corrected chi connectivity index (χ4v) is 3.09. The number of aliphatic hydroxyl groups is 1. The van der Waals surface area contributed by atoms with Crippen molar-refractivity contribution >= 4 is 26.0 Å². The minimum atomic E-state index is -3.50. The second-order valence-electron chi connectivity index (χ2n) is 3.49. The van der Waals surface area contributed by atoms with Gasteiger partial charge in [-0.2, -0.15) is 0 Å². The van der Waals surface area contributed by atoms with Gasteiger partial charge in [0.2, 0.25) is 10.0 Å². The molecule has 0 fully saturated rings. The van der Waals surface area contributed by atoms with E-state index < -0.39 is 10.0 Å². The molecule has 0 aromatic heterocycles. The lowest BCUT2D eigenvalue weighted by molar-refractivity contribution is 0.275. The minimum absolute atomic E-state index is 0.0395. The third-order valence-electron chi connectivity index (χ3n) is 2.02. The van der Waals surface area contributed by atoms with Crippen LogP contribution in [0.25, 0.3) is 0 Å². The van der Waals surface area contributed by atoms with Crippen LogP contribution in [-0.2, 0) is 10.0 Å². The van der Waals surface area contributed by atoms with Gasteiger partial charge >= 0.3 is 0 Å². The maximum absolute atomic E-state index is 11.9. The first-order valence-corrected chi connectivity index (χ1v) is 7.12. The van der Waals surface area contributed by atoms with Gasteiger partial charge < -0.3 is 5.11 Å². The monoisotopic (exact) mass is 307 g/mol. The lowest BCUT2D eigenvalue weighted by Gasteiger charge is -2.12. The summed E-state index contributed by atoms with van der Waals surface area (Å²) in [6.07, 6.45) is 0.396. The van der Waals surface area contributed by atoms with Crippen molar-refractivity contribution in [2.24, 2.45) is 0 Å². The summed E-state index contributed by atoms with van der Waals surface area (Å²) in [5.74, 6) is 0. The number of sulfonamides is 1. The summed E-state index contributed by atoms with van der Waals surface area (Å²) in [5.41, 5.74) is 0. The lowest BCUT2D eigenvalue weighted by atomic mass is 10.3. The predicted molar refractivity (Wildman–Crippen MR) is 65.6 cm³/mol. The van der Waals surface area contributed by atoms with Crippen LogP contribution in [0, 0.1) is 0 Å². The van der Waals surface area contributed by atoms with Crippen molar-refractivity contribution in [2.75, 3.05) is 6.61 Å². The fraction of sp³-hybridized carbons (Fsp3) is 0.400. The van der Waals surface area contributed by atoms with Gasteiger partial charge in [0.1, 0.15) is 0 Å². The summed E-state index contributed by atoms with van der Waals surface area (Å²) in [4.78, 5) is 0.215. The Bertz CT molecular complexity index is 447. The Morgan fingerprint density at radius 1 is 1.50 bits per heavy atom. The van der Waals surface area contributed by atoms with Crippen LogP contribution in [-0.4, -0.2) is 26.2 Å². The second kappa shape index (κ2) is 5.77. The highest BCUT2D eigenvalue weighted by Crippen LogP contribution is 2.16. The molecule has 1 atom stereocenters. The Morgan fingerprint density at radius 3 is 2.75 bits per heavy atom. The Hall–Kier alpha value is -0.430. The molecule has 0 saturated carbocycles. The Labute approximate surface area is 104 Å². The zero-order chi connectivity index (χ0) is 12.2. The average molecular weight is 308 g/mol. The van der Waals surface area contributed by atoms with Crippen molar-refractivity contribution in [2.45, 2.75) is 24.3 Å². The van der Waals surface area contributed by atoms with E-state index in [2.05, 4.69) is 20.7 Å². The molecule has 0 aliphatic heterocycles. The molecule has 16 heavy (non-hydrogen) atoms. The molecule has 0 saturated heterocycles. The van der Waals surface area contributed by atoms with Crippen LogP contribution in [0.3, 0.4) is 0 Å². The average Bonchev–Trinajstić information content (AvgIpc) is 2.17. The number of halogens is 1. The Balaban J connectivity index is 2.86. The molecule has 0 spiro atoms. The molecule has 0 amide bonds. The molecular formula is C10H14BrNO3S. The molecule has 0 aliphatic rings. The van der Waals surface area contributed by atoms with E-state index in [0.29, 0.717) is 10.9 Å². The van der Waals surface area contributed by atoms with E-state index in [4.69, 9.17) is 5.11 Å². The number of hydrogen-bond donors (Lipinski definition) is 2. The maximum Gasteiger partial charge on any atom is 0.240 e. The molecule has 1 unspecified atom stereocenters. The SMILES string of the molecule is CC(CCO)NS(=O)(=O)c1cccc(Br)c1. The van der Waals surface area contributed by atoms with Crippen molar-refractivity contribution in [3.63, 3.8) is 0 Å². The zero-order valence-corrected chi connectivity index (χ0v) is 11.3. The highest BCUT2D eigenvalue weighted by Gasteiger charge is 2.16. The molecular weight excluding hydrogens is 294 g/mol. The van der Waals surface area contributed by atoms with E-state index in [-0.39, 0.29) is 17.5 Å². The minimum Gasteiger partial charge on any atom is -0.396 e. The van der Waals surface area contributed by atoms with Gasteiger partial charge in [-0.05, 0) is 31.5 Å². The first kappa shape index (κ1) is 13.6. The van der Waals surface area contributed by atoms with E-state index in [9.17, 15) is 8.42 Å². The molecule has 0 aliphatic carbocycles.